The van der Waals surface area contributed by atoms with E-state index < -0.39 is 0 Å². The van der Waals surface area contributed by atoms with E-state index in [9.17, 15) is 4.79 Å². The number of hydrogen-bond acceptors (Lipinski definition) is 5. The molecule has 1 N–H and O–H groups in total. The Morgan fingerprint density at radius 3 is 2.68 bits per heavy atom. The van der Waals surface area contributed by atoms with Crippen LogP contribution >= 0.6 is 0 Å². The lowest BCUT2D eigenvalue weighted by atomic mass is 9.96. The van der Waals surface area contributed by atoms with Gasteiger partial charge in [0.05, 0.1) is 30.5 Å². The average molecular weight is 410 g/mol. The van der Waals surface area contributed by atoms with E-state index in [1.165, 1.54) is 0 Å². The number of amides is 1. The molecule has 1 aromatic heterocycles. The van der Waals surface area contributed by atoms with Gasteiger partial charge in [-0.25, -0.2) is 4.98 Å². The van der Waals surface area contributed by atoms with Gasteiger partial charge in [0, 0.05) is 36.8 Å². The number of ether oxygens (including phenoxy) is 1. The Hall–Kier alpha value is -3.82. The summed E-state index contributed by atoms with van der Waals surface area (Å²) in [6, 6.07) is 21.2. The van der Waals surface area contributed by atoms with E-state index >= 15 is 0 Å². The molecule has 4 rings (SSSR count). The van der Waals surface area contributed by atoms with Gasteiger partial charge in [0.25, 0.3) is 0 Å². The fourth-order valence-corrected chi connectivity index (χ4v) is 3.73. The van der Waals surface area contributed by atoms with Crippen molar-refractivity contribution >= 4 is 17.4 Å². The van der Waals surface area contributed by atoms with Gasteiger partial charge in [-0.3, -0.25) is 9.79 Å². The Morgan fingerprint density at radius 1 is 1.19 bits per heavy atom. The van der Waals surface area contributed by atoms with Gasteiger partial charge in [0.1, 0.15) is 5.82 Å². The van der Waals surface area contributed by atoms with Crippen molar-refractivity contribution < 1.29 is 9.53 Å². The van der Waals surface area contributed by atoms with E-state index in [2.05, 4.69) is 21.4 Å². The molecule has 154 valence electrons. The molecule has 3 aromatic rings. The highest BCUT2D eigenvalue weighted by atomic mass is 16.5. The van der Waals surface area contributed by atoms with E-state index in [4.69, 9.17) is 10.00 Å². The first-order valence-electron chi connectivity index (χ1n) is 10.1. The number of hydrogen-bond donors (Lipinski definition) is 1. The third kappa shape index (κ3) is 4.68. The summed E-state index contributed by atoms with van der Waals surface area (Å²) < 4.78 is 5.31. The van der Waals surface area contributed by atoms with Crippen LogP contribution in [0.15, 0.2) is 71.9 Å². The van der Waals surface area contributed by atoms with E-state index in [-0.39, 0.29) is 11.8 Å². The molecular weight excluding hydrogens is 388 g/mol. The minimum Gasteiger partial charge on any atom is -0.384 e. The van der Waals surface area contributed by atoms with Gasteiger partial charge in [-0.2, -0.15) is 5.26 Å². The molecule has 0 saturated carbocycles. The number of carbonyl (C=O) groups is 1. The first-order valence-corrected chi connectivity index (χ1v) is 10.1. The number of carbonyl (C=O) groups excluding carboxylic acids is 1. The topological polar surface area (TPSA) is 87.4 Å². The zero-order chi connectivity index (χ0) is 21.6. The van der Waals surface area contributed by atoms with Crippen LogP contribution < -0.4 is 5.32 Å². The van der Waals surface area contributed by atoms with Crippen LogP contribution in [0.3, 0.4) is 0 Å². The number of anilines is 1. The number of rotatable bonds is 7. The van der Waals surface area contributed by atoms with Crippen LogP contribution in [0.2, 0.25) is 0 Å². The monoisotopic (exact) mass is 410 g/mol. The van der Waals surface area contributed by atoms with Crippen LogP contribution in [0, 0.1) is 11.3 Å². The standard InChI is InChI=1S/C25H22N4O2/c1-31-16-21(18-5-3-2-4-6-18)12-24(30)29-23-11-20-14-28-25(22(20)15-27-23)19-9-7-17(13-26)8-10-19/h2-11,15,21H,12,14,16H2,1H3,(H,27,29,30)/t21-/m1/s1. The van der Waals surface area contributed by atoms with Gasteiger partial charge in [0.2, 0.25) is 5.91 Å². The molecule has 6 nitrogen and oxygen atoms in total. The van der Waals surface area contributed by atoms with Crippen molar-refractivity contribution in [1.82, 2.24) is 4.98 Å². The lowest BCUT2D eigenvalue weighted by molar-refractivity contribution is -0.116. The second kappa shape index (κ2) is 9.33. The van der Waals surface area contributed by atoms with Crippen molar-refractivity contribution in [3.63, 3.8) is 0 Å². The molecular formula is C25H22N4O2. The van der Waals surface area contributed by atoms with Crippen LogP contribution in [-0.4, -0.2) is 30.3 Å². The Kier molecular flexibility index (Phi) is 6.16. The predicted molar refractivity (Wildman–Crippen MR) is 119 cm³/mol. The highest BCUT2D eigenvalue weighted by Crippen LogP contribution is 2.25. The number of benzene rings is 2. The normalized spacial score (nSPS) is 13.1. The maximum Gasteiger partial charge on any atom is 0.226 e. The molecule has 31 heavy (non-hydrogen) atoms. The fourth-order valence-electron chi connectivity index (χ4n) is 3.73. The van der Waals surface area contributed by atoms with E-state index in [1.807, 2.05) is 48.5 Å². The molecule has 0 saturated heterocycles. The second-order valence-corrected chi connectivity index (χ2v) is 7.40. The quantitative estimate of drug-likeness (QED) is 0.636. The van der Waals surface area contributed by atoms with E-state index in [0.717, 1.165) is 28.0 Å². The summed E-state index contributed by atoms with van der Waals surface area (Å²) in [4.78, 5) is 21.7. The van der Waals surface area contributed by atoms with Gasteiger partial charge >= 0.3 is 0 Å². The molecule has 1 aliphatic rings. The van der Waals surface area contributed by atoms with Crippen LogP contribution in [0.25, 0.3) is 0 Å². The summed E-state index contributed by atoms with van der Waals surface area (Å²) >= 11 is 0. The van der Waals surface area contributed by atoms with E-state index in [0.29, 0.717) is 31.0 Å². The Morgan fingerprint density at radius 2 is 1.97 bits per heavy atom. The first kappa shape index (κ1) is 20.5. The molecule has 2 aromatic carbocycles. The van der Waals surface area contributed by atoms with Crippen LogP contribution in [0.5, 0.6) is 0 Å². The Bertz CT molecular complexity index is 1150. The minimum absolute atomic E-state index is 0.0213. The summed E-state index contributed by atoms with van der Waals surface area (Å²) in [6.07, 6.45) is 2.06. The SMILES string of the molecule is COC[C@@H](CC(=O)Nc1cc2c(cn1)C(c1ccc(C#N)cc1)=NC2)c1ccccc1. The number of nitrogens with one attached hydrogen (secondary N) is 1. The van der Waals surface area contributed by atoms with Crippen molar-refractivity contribution in [2.24, 2.45) is 4.99 Å². The maximum atomic E-state index is 12.7. The molecule has 0 spiro atoms. The highest BCUT2D eigenvalue weighted by Gasteiger charge is 2.20. The molecule has 0 fully saturated rings. The first-order chi connectivity index (χ1) is 15.2. The highest BCUT2D eigenvalue weighted by molar-refractivity contribution is 6.15. The van der Waals surface area contributed by atoms with Crippen molar-refractivity contribution in [2.75, 3.05) is 19.0 Å². The molecule has 6 heteroatoms. The smallest absolute Gasteiger partial charge is 0.226 e. The predicted octanol–water partition coefficient (Wildman–Crippen LogP) is 4.06. The molecule has 0 bridgehead atoms. The molecule has 0 radical (unpaired) electrons. The van der Waals surface area contributed by atoms with Gasteiger partial charge in [-0.05, 0) is 29.3 Å². The number of fused-ring (bicyclic) bond motifs is 1. The van der Waals surface area contributed by atoms with Gasteiger partial charge in [-0.15, -0.1) is 0 Å². The van der Waals surface area contributed by atoms with Gasteiger partial charge in [0.15, 0.2) is 0 Å². The number of aromatic nitrogens is 1. The van der Waals surface area contributed by atoms with Crippen LogP contribution in [0.4, 0.5) is 5.82 Å². The van der Waals surface area contributed by atoms with Crippen molar-refractivity contribution in [3.05, 3.63) is 94.7 Å². The number of methoxy groups -OCH3 is 1. The number of pyridine rings is 1. The van der Waals surface area contributed by atoms with E-state index in [1.54, 1.807) is 25.4 Å². The molecule has 1 aliphatic heterocycles. The minimum atomic E-state index is -0.107. The third-order valence-corrected chi connectivity index (χ3v) is 5.28. The van der Waals surface area contributed by atoms with Crippen molar-refractivity contribution in [1.29, 1.82) is 5.26 Å². The summed E-state index contributed by atoms with van der Waals surface area (Å²) in [7, 11) is 1.64. The maximum absolute atomic E-state index is 12.7. The van der Waals surface area contributed by atoms with Crippen molar-refractivity contribution in [2.45, 2.75) is 18.9 Å². The molecule has 0 unspecified atom stereocenters. The summed E-state index contributed by atoms with van der Waals surface area (Å²) in [5.41, 5.74) is 5.45. The lowest BCUT2D eigenvalue weighted by Gasteiger charge is -2.16. The molecule has 1 atom stereocenters. The lowest BCUT2D eigenvalue weighted by Crippen LogP contribution is -2.19. The summed E-state index contributed by atoms with van der Waals surface area (Å²) in [5, 5.41) is 11.9. The summed E-state index contributed by atoms with van der Waals surface area (Å²) in [6.45, 7) is 1.00. The second-order valence-electron chi connectivity index (χ2n) is 7.40. The van der Waals surface area contributed by atoms with Gasteiger partial charge < -0.3 is 10.1 Å². The van der Waals surface area contributed by atoms with Gasteiger partial charge in [-0.1, -0.05) is 42.5 Å². The number of nitrogens with zero attached hydrogens (tertiary/aromatic N) is 3. The van der Waals surface area contributed by atoms with Crippen LogP contribution in [-0.2, 0) is 16.1 Å². The molecule has 1 amide bonds. The molecule has 2 heterocycles. The fraction of sp³-hybridized carbons (Fsp3) is 0.200. The summed E-state index contributed by atoms with van der Waals surface area (Å²) in [5.74, 6) is 0.390. The number of nitriles is 1. The Labute approximate surface area is 181 Å². The third-order valence-electron chi connectivity index (χ3n) is 5.28. The largest absolute Gasteiger partial charge is 0.384 e. The Balaban J connectivity index is 1.45. The van der Waals surface area contributed by atoms with Crippen molar-refractivity contribution in [3.8, 4) is 6.07 Å². The zero-order valence-corrected chi connectivity index (χ0v) is 17.2. The average Bonchev–Trinajstić information content (AvgIpc) is 3.22. The van der Waals surface area contributed by atoms with Crippen LogP contribution in [0.1, 0.15) is 40.2 Å². The zero-order valence-electron chi connectivity index (χ0n) is 17.2. The molecule has 0 aliphatic carbocycles. The number of aliphatic imine (C=N–C) groups is 1.